The van der Waals surface area contributed by atoms with Crippen LogP contribution in [0.15, 0.2) is 59.1 Å². The summed E-state index contributed by atoms with van der Waals surface area (Å²) in [4.78, 5) is 16.7. The molecule has 27 heavy (non-hydrogen) atoms. The molecule has 0 aliphatic rings. The van der Waals surface area contributed by atoms with Crippen LogP contribution < -0.4 is 14.8 Å². The van der Waals surface area contributed by atoms with Crippen LogP contribution >= 0.6 is 0 Å². The zero-order chi connectivity index (χ0) is 19.1. The maximum atomic E-state index is 12.4. The van der Waals surface area contributed by atoms with Crippen molar-refractivity contribution in [2.24, 2.45) is 0 Å². The molecule has 3 aromatic rings. The maximum Gasteiger partial charge on any atom is 0.261 e. The quantitative estimate of drug-likeness (QED) is 0.658. The highest BCUT2D eigenvalue weighted by Gasteiger charge is 2.19. The molecule has 0 fully saturated rings. The van der Waals surface area contributed by atoms with Gasteiger partial charge in [-0.25, -0.2) is 0 Å². The van der Waals surface area contributed by atoms with Gasteiger partial charge < -0.3 is 19.3 Å². The van der Waals surface area contributed by atoms with Crippen molar-refractivity contribution in [1.82, 2.24) is 15.5 Å². The van der Waals surface area contributed by atoms with Gasteiger partial charge in [-0.05, 0) is 42.8 Å². The number of hydrogen-bond donors (Lipinski definition) is 1. The Bertz CT molecular complexity index is 862. The SMILES string of the molecule is CCC(Oc1ccccc1)C(=O)NCc1nc(-c2ccc(OC)cc2)no1. The Hall–Kier alpha value is -3.35. The van der Waals surface area contributed by atoms with Crippen LogP contribution in [0.4, 0.5) is 0 Å². The highest BCUT2D eigenvalue weighted by atomic mass is 16.5. The van der Waals surface area contributed by atoms with E-state index >= 15 is 0 Å². The van der Waals surface area contributed by atoms with E-state index in [2.05, 4.69) is 15.5 Å². The summed E-state index contributed by atoms with van der Waals surface area (Å²) >= 11 is 0. The number of para-hydroxylation sites is 1. The van der Waals surface area contributed by atoms with Crippen LogP contribution in [0.2, 0.25) is 0 Å². The first-order valence-electron chi connectivity index (χ1n) is 8.66. The minimum absolute atomic E-state index is 0.136. The number of nitrogens with one attached hydrogen (secondary N) is 1. The first-order chi connectivity index (χ1) is 13.2. The minimum atomic E-state index is -0.587. The van der Waals surface area contributed by atoms with Crippen LogP contribution in [0.3, 0.4) is 0 Å². The van der Waals surface area contributed by atoms with Crippen molar-refractivity contribution < 1.29 is 18.8 Å². The van der Waals surface area contributed by atoms with Gasteiger partial charge in [-0.1, -0.05) is 30.3 Å². The van der Waals surface area contributed by atoms with Gasteiger partial charge >= 0.3 is 0 Å². The fourth-order valence-corrected chi connectivity index (χ4v) is 2.45. The zero-order valence-electron chi connectivity index (χ0n) is 15.2. The van der Waals surface area contributed by atoms with Crippen LogP contribution in [0.1, 0.15) is 19.2 Å². The molecular formula is C20H21N3O4. The summed E-state index contributed by atoms with van der Waals surface area (Å²) in [5.41, 5.74) is 0.802. The number of hydrogen-bond acceptors (Lipinski definition) is 6. The normalized spacial score (nSPS) is 11.6. The van der Waals surface area contributed by atoms with E-state index in [0.29, 0.717) is 23.9 Å². The Kier molecular flexibility index (Phi) is 6.04. The smallest absolute Gasteiger partial charge is 0.261 e. The van der Waals surface area contributed by atoms with Gasteiger partial charge in [-0.2, -0.15) is 4.98 Å². The summed E-state index contributed by atoms with van der Waals surface area (Å²) in [5.74, 6) is 1.95. The highest BCUT2D eigenvalue weighted by Crippen LogP contribution is 2.19. The average molecular weight is 367 g/mol. The maximum absolute atomic E-state index is 12.4. The summed E-state index contributed by atoms with van der Waals surface area (Å²) in [6.07, 6.45) is -0.0434. The van der Waals surface area contributed by atoms with E-state index in [1.165, 1.54) is 0 Å². The van der Waals surface area contributed by atoms with E-state index in [1.54, 1.807) is 7.11 Å². The predicted molar refractivity (Wildman–Crippen MR) is 99.3 cm³/mol. The number of rotatable bonds is 8. The number of nitrogens with zero attached hydrogens (tertiary/aromatic N) is 2. The summed E-state index contributed by atoms with van der Waals surface area (Å²) in [6.45, 7) is 2.03. The molecule has 0 bridgehead atoms. The van der Waals surface area contributed by atoms with Crippen molar-refractivity contribution >= 4 is 5.91 Å². The van der Waals surface area contributed by atoms with Crippen molar-refractivity contribution in [3.05, 3.63) is 60.5 Å². The second-order valence-corrected chi connectivity index (χ2v) is 5.79. The molecule has 2 aromatic carbocycles. The third-order valence-electron chi connectivity index (χ3n) is 3.91. The van der Waals surface area contributed by atoms with Crippen molar-refractivity contribution in [3.8, 4) is 22.9 Å². The third-order valence-corrected chi connectivity index (χ3v) is 3.91. The van der Waals surface area contributed by atoms with Gasteiger partial charge in [0.2, 0.25) is 11.7 Å². The molecule has 1 N–H and O–H groups in total. The number of ether oxygens (including phenoxy) is 2. The fraction of sp³-hybridized carbons (Fsp3) is 0.250. The van der Waals surface area contributed by atoms with E-state index in [4.69, 9.17) is 14.0 Å². The van der Waals surface area contributed by atoms with Crippen LogP contribution in [0.5, 0.6) is 11.5 Å². The fourth-order valence-electron chi connectivity index (χ4n) is 2.45. The standard InChI is InChI=1S/C20H21N3O4/c1-3-17(26-16-7-5-4-6-8-16)20(24)21-13-18-22-19(23-27-18)14-9-11-15(25-2)12-10-14/h4-12,17H,3,13H2,1-2H3,(H,21,24). The molecule has 3 rings (SSSR count). The molecule has 0 aliphatic carbocycles. The third kappa shape index (κ3) is 4.84. The summed E-state index contributed by atoms with van der Waals surface area (Å²) in [7, 11) is 1.61. The van der Waals surface area contributed by atoms with Crippen LogP contribution in [-0.2, 0) is 11.3 Å². The molecule has 1 atom stereocenters. The second-order valence-electron chi connectivity index (χ2n) is 5.79. The zero-order valence-corrected chi connectivity index (χ0v) is 15.2. The van der Waals surface area contributed by atoms with Gasteiger partial charge in [0.25, 0.3) is 5.91 Å². The van der Waals surface area contributed by atoms with Crippen LogP contribution in [-0.4, -0.2) is 29.3 Å². The summed E-state index contributed by atoms with van der Waals surface area (Å²) in [6, 6.07) is 16.6. The first kappa shape index (κ1) is 18.4. The number of amides is 1. The highest BCUT2D eigenvalue weighted by molar-refractivity contribution is 5.80. The molecule has 1 unspecified atom stereocenters. The Morgan fingerprint density at radius 3 is 2.52 bits per heavy atom. The number of carbonyl (C=O) groups excluding carboxylic acids is 1. The molecular weight excluding hydrogens is 346 g/mol. The molecule has 0 saturated heterocycles. The van der Waals surface area contributed by atoms with E-state index in [-0.39, 0.29) is 12.5 Å². The van der Waals surface area contributed by atoms with Gasteiger partial charge in [0.15, 0.2) is 6.10 Å². The van der Waals surface area contributed by atoms with Crippen LogP contribution in [0, 0.1) is 0 Å². The summed E-state index contributed by atoms with van der Waals surface area (Å²) in [5, 5.41) is 6.72. The molecule has 140 valence electrons. The summed E-state index contributed by atoms with van der Waals surface area (Å²) < 4.78 is 16.1. The molecule has 0 radical (unpaired) electrons. The molecule has 7 heteroatoms. The number of aromatic nitrogens is 2. The van der Waals surface area contributed by atoms with Crippen molar-refractivity contribution in [2.45, 2.75) is 26.0 Å². The molecule has 1 heterocycles. The lowest BCUT2D eigenvalue weighted by Crippen LogP contribution is -2.37. The van der Waals surface area contributed by atoms with E-state index < -0.39 is 6.10 Å². The number of carbonyl (C=O) groups is 1. The Labute approximate surface area is 157 Å². The van der Waals surface area contributed by atoms with Gasteiger partial charge in [0, 0.05) is 5.56 Å². The van der Waals surface area contributed by atoms with Gasteiger partial charge in [0.05, 0.1) is 13.7 Å². The van der Waals surface area contributed by atoms with Crippen molar-refractivity contribution in [3.63, 3.8) is 0 Å². The van der Waals surface area contributed by atoms with E-state index in [9.17, 15) is 4.79 Å². The lowest BCUT2D eigenvalue weighted by Gasteiger charge is -2.16. The topological polar surface area (TPSA) is 86.5 Å². The Morgan fingerprint density at radius 1 is 1.11 bits per heavy atom. The Balaban J connectivity index is 1.57. The van der Waals surface area contributed by atoms with E-state index in [0.717, 1.165) is 11.3 Å². The largest absolute Gasteiger partial charge is 0.497 e. The predicted octanol–water partition coefficient (Wildman–Crippen LogP) is 3.22. The lowest BCUT2D eigenvalue weighted by atomic mass is 10.2. The molecule has 0 spiro atoms. The first-order valence-corrected chi connectivity index (χ1v) is 8.66. The van der Waals surface area contributed by atoms with Crippen molar-refractivity contribution in [1.29, 1.82) is 0 Å². The van der Waals surface area contributed by atoms with E-state index in [1.807, 2.05) is 61.5 Å². The molecule has 0 saturated carbocycles. The molecule has 1 amide bonds. The lowest BCUT2D eigenvalue weighted by molar-refractivity contribution is -0.128. The number of methoxy groups -OCH3 is 1. The number of benzene rings is 2. The molecule has 7 nitrogen and oxygen atoms in total. The molecule has 0 aliphatic heterocycles. The van der Waals surface area contributed by atoms with Gasteiger partial charge in [-0.3, -0.25) is 4.79 Å². The van der Waals surface area contributed by atoms with Gasteiger partial charge in [0.1, 0.15) is 11.5 Å². The minimum Gasteiger partial charge on any atom is -0.497 e. The monoisotopic (exact) mass is 367 g/mol. The Morgan fingerprint density at radius 2 is 1.85 bits per heavy atom. The van der Waals surface area contributed by atoms with Gasteiger partial charge in [-0.15, -0.1) is 0 Å². The van der Waals surface area contributed by atoms with Crippen LogP contribution in [0.25, 0.3) is 11.4 Å². The second kappa shape index (κ2) is 8.84. The average Bonchev–Trinajstić information content (AvgIpc) is 3.20. The van der Waals surface area contributed by atoms with Crippen molar-refractivity contribution in [2.75, 3.05) is 7.11 Å². The molecule has 1 aromatic heterocycles.